The number of thiazole rings is 1. The molecule has 0 saturated carbocycles. The lowest BCUT2D eigenvalue weighted by molar-refractivity contribution is -0.121. The van der Waals surface area contributed by atoms with Gasteiger partial charge >= 0.3 is 0 Å². The van der Waals surface area contributed by atoms with Crippen molar-refractivity contribution >= 4 is 34.5 Å². The summed E-state index contributed by atoms with van der Waals surface area (Å²) in [6.45, 7) is 0.969. The normalized spacial score (nSPS) is 18.4. The lowest BCUT2D eigenvalue weighted by Gasteiger charge is -2.13. The molecule has 104 valence electrons. The number of thiophene rings is 1. The van der Waals surface area contributed by atoms with Crippen LogP contribution >= 0.6 is 22.7 Å². The Bertz CT molecular complexity index is 636. The molecule has 1 saturated heterocycles. The molecule has 0 radical (unpaired) electrons. The average Bonchev–Trinajstić information content (AvgIpc) is 3.17. The topological polar surface area (TPSA) is 76.3 Å². The van der Waals surface area contributed by atoms with E-state index in [1.54, 1.807) is 21.6 Å². The predicted octanol–water partition coefficient (Wildman–Crippen LogP) is 1.82. The quantitative estimate of drug-likeness (QED) is 0.939. The summed E-state index contributed by atoms with van der Waals surface area (Å²) >= 11 is 3.06. The Morgan fingerprint density at radius 2 is 2.25 bits per heavy atom. The molecule has 1 aliphatic heterocycles. The number of hydrogen-bond acceptors (Lipinski definition) is 5. The first-order valence-corrected chi connectivity index (χ1v) is 8.04. The van der Waals surface area contributed by atoms with Crippen LogP contribution in [0.15, 0.2) is 22.2 Å². The van der Waals surface area contributed by atoms with Gasteiger partial charge in [-0.25, -0.2) is 4.98 Å². The molecule has 1 atom stereocenters. The fourth-order valence-electron chi connectivity index (χ4n) is 2.23. The molecular weight excluding hydrogens is 294 g/mol. The van der Waals surface area contributed by atoms with Gasteiger partial charge in [-0.2, -0.15) is 11.3 Å². The van der Waals surface area contributed by atoms with Gasteiger partial charge in [0.15, 0.2) is 0 Å². The number of carbonyl (C=O) groups is 2. The lowest BCUT2D eigenvalue weighted by Crippen LogP contribution is -2.31. The van der Waals surface area contributed by atoms with Gasteiger partial charge in [-0.1, -0.05) is 0 Å². The van der Waals surface area contributed by atoms with E-state index in [0.717, 1.165) is 10.6 Å². The first-order chi connectivity index (χ1) is 9.65. The maximum atomic E-state index is 12.3. The van der Waals surface area contributed by atoms with Crippen LogP contribution in [0.5, 0.6) is 0 Å². The Hall–Kier alpha value is -1.73. The van der Waals surface area contributed by atoms with E-state index in [1.165, 1.54) is 11.3 Å². The van der Waals surface area contributed by atoms with E-state index in [9.17, 15) is 9.59 Å². The third kappa shape index (κ3) is 2.46. The van der Waals surface area contributed by atoms with Crippen molar-refractivity contribution in [1.29, 1.82) is 0 Å². The average molecular weight is 307 g/mol. The molecule has 1 aliphatic rings. The van der Waals surface area contributed by atoms with Crippen molar-refractivity contribution in [3.05, 3.63) is 27.9 Å². The van der Waals surface area contributed by atoms with Crippen LogP contribution in [-0.2, 0) is 4.79 Å². The SMILES string of the molecule is NC(=O)C1CCN(C(=O)c2csc(-c3ccsc3)n2)C1. The third-order valence-electron chi connectivity index (χ3n) is 3.37. The van der Waals surface area contributed by atoms with Crippen LogP contribution in [0.2, 0.25) is 0 Å². The van der Waals surface area contributed by atoms with E-state index in [2.05, 4.69) is 4.98 Å². The van der Waals surface area contributed by atoms with Gasteiger partial charge in [-0.3, -0.25) is 9.59 Å². The standard InChI is InChI=1S/C13H13N3O2S2/c14-11(17)8-1-3-16(5-8)13(18)10-7-20-12(15-10)9-2-4-19-6-9/h2,4,6-8H,1,3,5H2,(H2,14,17). The molecule has 1 fully saturated rings. The summed E-state index contributed by atoms with van der Waals surface area (Å²) in [7, 11) is 0. The smallest absolute Gasteiger partial charge is 0.273 e. The van der Waals surface area contributed by atoms with Crippen molar-refractivity contribution in [2.75, 3.05) is 13.1 Å². The summed E-state index contributed by atoms with van der Waals surface area (Å²) < 4.78 is 0. The van der Waals surface area contributed by atoms with Gasteiger partial charge in [0.25, 0.3) is 5.91 Å². The Morgan fingerprint density at radius 3 is 2.90 bits per heavy atom. The van der Waals surface area contributed by atoms with Crippen LogP contribution in [0.3, 0.4) is 0 Å². The number of aromatic nitrogens is 1. The second-order valence-corrected chi connectivity index (χ2v) is 6.33. The second kappa shape index (κ2) is 5.34. The fraction of sp³-hybridized carbons (Fsp3) is 0.308. The molecule has 3 heterocycles. The van der Waals surface area contributed by atoms with Gasteiger partial charge in [0, 0.05) is 29.4 Å². The van der Waals surface area contributed by atoms with Crippen LogP contribution in [0.1, 0.15) is 16.9 Å². The second-order valence-electron chi connectivity index (χ2n) is 4.69. The van der Waals surface area contributed by atoms with E-state index in [0.29, 0.717) is 25.2 Å². The summed E-state index contributed by atoms with van der Waals surface area (Å²) in [4.78, 5) is 29.5. The van der Waals surface area contributed by atoms with Crippen LogP contribution in [-0.4, -0.2) is 34.8 Å². The van der Waals surface area contributed by atoms with Crippen molar-refractivity contribution in [1.82, 2.24) is 9.88 Å². The molecule has 5 nitrogen and oxygen atoms in total. The molecule has 1 unspecified atom stereocenters. The van der Waals surface area contributed by atoms with Crippen molar-refractivity contribution in [3.63, 3.8) is 0 Å². The highest BCUT2D eigenvalue weighted by Gasteiger charge is 2.31. The first-order valence-electron chi connectivity index (χ1n) is 6.22. The summed E-state index contributed by atoms with van der Waals surface area (Å²) in [5, 5.41) is 6.61. The Kier molecular flexibility index (Phi) is 3.54. The lowest BCUT2D eigenvalue weighted by atomic mass is 10.1. The molecule has 2 amide bonds. The van der Waals surface area contributed by atoms with E-state index in [1.807, 2.05) is 16.8 Å². The zero-order valence-corrected chi connectivity index (χ0v) is 12.2. The zero-order chi connectivity index (χ0) is 14.1. The Labute approximate surface area is 124 Å². The van der Waals surface area contributed by atoms with Crippen molar-refractivity contribution in [2.24, 2.45) is 11.7 Å². The van der Waals surface area contributed by atoms with Crippen molar-refractivity contribution in [3.8, 4) is 10.6 Å². The molecule has 0 bridgehead atoms. The van der Waals surface area contributed by atoms with Crippen LogP contribution < -0.4 is 5.73 Å². The number of nitrogens with two attached hydrogens (primary N) is 1. The number of likely N-dealkylation sites (tertiary alicyclic amines) is 1. The van der Waals surface area contributed by atoms with Crippen LogP contribution in [0.25, 0.3) is 10.6 Å². The highest BCUT2D eigenvalue weighted by molar-refractivity contribution is 7.14. The highest BCUT2D eigenvalue weighted by atomic mass is 32.1. The molecule has 3 rings (SSSR count). The van der Waals surface area contributed by atoms with E-state index in [-0.39, 0.29) is 17.7 Å². The molecule has 2 aromatic rings. The molecule has 0 aliphatic carbocycles. The number of rotatable bonds is 3. The first kappa shape index (κ1) is 13.3. The predicted molar refractivity (Wildman–Crippen MR) is 78.6 cm³/mol. The van der Waals surface area contributed by atoms with Gasteiger partial charge in [-0.15, -0.1) is 11.3 Å². The molecule has 7 heteroatoms. The minimum Gasteiger partial charge on any atom is -0.369 e. The highest BCUT2D eigenvalue weighted by Crippen LogP contribution is 2.27. The molecule has 20 heavy (non-hydrogen) atoms. The summed E-state index contributed by atoms with van der Waals surface area (Å²) in [5.74, 6) is -0.682. The summed E-state index contributed by atoms with van der Waals surface area (Å²) in [6.07, 6.45) is 0.641. The van der Waals surface area contributed by atoms with Crippen LogP contribution in [0.4, 0.5) is 0 Å². The van der Waals surface area contributed by atoms with Crippen molar-refractivity contribution < 1.29 is 9.59 Å². The van der Waals surface area contributed by atoms with Gasteiger partial charge in [0.05, 0.1) is 5.92 Å². The van der Waals surface area contributed by atoms with Gasteiger partial charge < -0.3 is 10.6 Å². The van der Waals surface area contributed by atoms with E-state index < -0.39 is 0 Å². The maximum Gasteiger partial charge on any atom is 0.273 e. The molecular formula is C13H13N3O2S2. The molecule has 0 aromatic carbocycles. The third-order valence-corrected chi connectivity index (χ3v) is 4.94. The number of amides is 2. The molecule has 2 N–H and O–H groups in total. The summed E-state index contributed by atoms with van der Waals surface area (Å²) in [6, 6.07) is 1.98. The largest absolute Gasteiger partial charge is 0.369 e. The van der Waals surface area contributed by atoms with E-state index >= 15 is 0 Å². The number of carbonyl (C=O) groups excluding carboxylic acids is 2. The Morgan fingerprint density at radius 1 is 1.40 bits per heavy atom. The summed E-state index contributed by atoms with van der Waals surface area (Å²) in [5.41, 5.74) is 6.76. The van der Waals surface area contributed by atoms with Gasteiger partial charge in [0.2, 0.25) is 5.91 Å². The van der Waals surface area contributed by atoms with Crippen molar-refractivity contribution in [2.45, 2.75) is 6.42 Å². The number of hydrogen-bond donors (Lipinski definition) is 1. The molecule has 2 aromatic heterocycles. The minimum atomic E-state index is -0.336. The maximum absolute atomic E-state index is 12.3. The van der Waals surface area contributed by atoms with Gasteiger partial charge in [0.1, 0.15) is 10.7 Å². The fourth-order valence-corrected chi connectivity index (χ4v) is 3.74. The van der Waals surface area contributed by atoms with Crippen LogP contribution in [0, 0.1) is 5.92 Å². The van der Waals surface area contributed by atoms with Gasteiger partial charge in [-0.05, 0) is 17.9 Å². The number of primary amides is 1. The minimum absolute atomic E-state index is 0.119. The van der Waals surface area contributed by atoms with E-state index in [4.69, 9.17) is 5.73 Å². The zero-order valence-electron chi connectivity index (χ0n) is 10.6. The molecule has 0 spiro atoms. The number of nitrogens with zero attached hydrogens (tertiary/aromatic N) is 2. The monoisotopic (exact) mass is 307 g/mol. The Balaban J connectivity index is 1.74.